The standard InChI is InChI=1S/C18H23NO2/c1-3-11-19(2)12-5-4-6-13-21-16-8-9-17-15(14-16)7-10-18(17)20/h1,8-9,14H,4-7,10-13H2,2H3. The number of rotatable bonds is 8. The molecule has 0 unspecified atom stereocenters. The topological polar surface area (TPSA) is 29.5 Å². The second-order valence-electron chi connectivity index (χ2n) is 5.59. The molecule has 0 atom stereocenters. The first-order valence-electron chi connectivity index (χ1n) is 7.61. The average molecular weight is 285 g/mol. The van der Waals surface area contributed by atoms with Crippen LogP contribution in [0.4, 0.5) is 0 Å². The van der Waals surface area contributed by atoms with Gasteiger partial charge >= 0.3 is 0 Å². The smallest absolute Gasteiger partial charge is 0.163 e. The third kappa shape index (κ3) is 4.61. The van der Waals surface area contributed by atoms with E-state index in [9.17, 15) is 4.79 Å². The van der Waals surface area contributed by atoms with Gasteiger partial charge in [-0.1, -0.05) is 5.92 Å². The number of Topliss-reactive ketones (excluding diaryl/α,β-unsaturated/α-hetero) is 1. The number of terminal acetylenes is 1. The Labute approximate surface area is 127 Å². The molecule has 112 valence electrons. The third-order valence-electron chi connectivity index (χ3n) is 3.81. The Morgan fingerprint density at radius 3 is 2.95 bits per heavy atom. The number of ether oxygens (including phenoxy) is 1. The monoisotopic (exact) mass is 285 g/mol. The average Bonchev–Trinajstić information content (AvgIpc) is 2.84. The molecule has 21 heavy (non-hydrogen) atoms. The third-order valence-corrected chi connectivity index (χ3v) is 3.81. The van der Waals surface area contributed by atoms with E-state index in [1.165, 1.54) is 0 Å². The molecule has 0 saturated heterocycles. The Morgan fingerprint density at radius 2 is 2.14 bits per heavy atom. The molecule has 0 bridgehead atoms. The first kappa shape index (κ1) is 15.6. The number of ketones is 1. The Hall–Kier alpha value is -1.79. The molecule has 0 spiro atoms. The fourth-order valence-corrected chi connectivity index (χ4v) is 2.61. The van der Waals surface area contributed by atoms with Crippen LogP contribution < -0.4 is 4.74 Å². The van der Waals surface area contributed by atoms with Crippen molar-refractivity contribution in [3.05, 3.63) is 29.3 Å². The van der Waals surface area contributed by atoms with Gasteiger partial charge in [-0.3, -0.25) is 9.69 Å². The van der Waals surface area contributed by atoms with Gasteiger partial charge in [0.2, 0.25) is 0 Å². The highest BCUT2D eigenvalue weighted by Crippen LogP contribution is 2.26. The maximum absolute atomic E-state index is 11.6. The summed E-state index contributed by atoms with van der Waals surface area (Å²) in [6.45, 7) is 2.47. The van der Waals surface area contributed by atoms with Crippen LogP contribution in [0.1, 0.15) is 41.6 Å². The van der Waals surface area contributed by atoms with E-state index in [1.807, 2.05) is 25.2 Å². The van der Waals surface area contributed by atoms with Crippen molar-refractivity contribution < 1.29 is 9.53 Å². The van der Waals surface area contributed by atoms with E-state index in [1.54, 1.807) is 0 Å². The van der Waals surface area contributed by atoms with Gasteiger partial charge in [0.1, 0.15) is 5.75 Å². The summed E-state index contributed by atoms with van der Waals surface area (Å²) in [5.41, 5.74) is 2.01. The number of unbranched alkanes of at least 4 members (excludes halogenated alkanes) is 2. The molecule has 3 heteroatoms. The molecule has 0 radical (unpaired) electrons. The molecule has 1 aliphatic carbocycles. The lowest BCUT2D eigenvalue weighted by molar-refractivity contribution is 0.0994. The highest BCUT2D eigenvalue weighted by Gasteiger charge is 2.19. The fourth-order valence-electron chi connectivity index (χ4n) is 2.61. The molecule has 0 fully saturated rings. The van der Waals surface area contributed by atoms with Gasteiger partial charge in [-0.25, -0.2) is 0 Å². The van der Waals surface area contributed by atoms with Gasteiger partial charge in [-0.05, 0) is 63.0 Å². The van der Waals surface area contributed by atoms with Gasteiger partial charge in [0.25, 0.3) is 0 Å². The van der Waals surface area contributed by atoms with Crippen molar-refractivity contribution in [2.24, 2.45) is 0 Å². The van der Waals surface area contributed by atoms with Gasteiger partial charge in [0, 0.05) is 12.0 Å². The van der Waals surface area contributed by atoms with Crippen LogP contribution in [-0.2, 0) is 6.42 Å². The Bertz CT molecular complexity index is 531. The van der Waals surface area contributed by atoms with Crippen molar-refractivity contribution in [1.29, 1.82) is 0 Å². The SMILES string of the molecule is C#CCN(C)CCCCCOc1ccc2c(c1)CCC2=O. The van der Waals surface area contributed by atoms with E-state index < -0.39 is 0 Å². The molecule has 0 N–H and O–H groups in total. The number of fused-ring (bicyclic) bond motifs is 1. The number of carbonyl (C=O) groups excluding carboxylic acids is 1. The molecule has 0 amide bonds. The highest BCUT2D eigenvalue weighted by molar-refractivity contribution is 6.00. The molecule has 1 aromatic carbocycles. The summed E-state index contributed by atoms with van der Waals surface area (Å²) in [5.74, 6) is 3.78. The molecule has 0 heterocycles. The normalized spacial score (nSPS) is 13.3. The van der Waals surface area contributed by atoms with Gasteiger partial charge in [0.05, 0.1) is 13.2 Å². The molecule has 1 aliphatic rings. The van der Waals surface area contributed by atoms with Crippen molar-refractivity contribution in [2.45, 2.75) is 32.1 Å². The Kier molecular flexibility index (Phi) is 5.83. The number of benzene rings is 1. The van der Waals surface area contributed by atoms with Crippen LogP contribution in [0, 0.1) is 12.3 Å². The Morgan fingerprint density at radius 1 is 1.29 bits per heavy atom. The van der Waals surface area contributed by atoms with Crippen LogP contribution in [-0.4, -0.2) is 37.4 Å². The van der Waals surface area contributed by atoms with E-state index in [4.69, 9.17) is 11.2 Å². The van der Waals surface area contributed by atoms with E-state index in [0.717, 1.165) is 55.7 Å². The van der Waals surface area contributed by atoms with Crippen LogP contribution in [0.2, 0.25) is 0 Å². The maximum atomic E-state index is 11.6. The maximum Gasteiger partial charge on any atom is 0.163 e. The first-order chi connectivity index (χ1) is 10.2. The zero-order valence-corrected chi connectivity index (χ0v) is 12.7. The zero-order valence-electron chi connectivity index (χ0n) is 12.7. The van der Waals surface area contributed by atoms with Crippen LogP contribution in [0.15, 0.2) is 18.2 Å². The molecular formula is C18H23NO2. The van der Waals surface area contributed by atoms with E-state index >= 15 is 0 Å². The van der Waals surface area contributed by atoms with E-state index in [-0.39, 0.29) is 5.78 Å². The molecular weight excluding hydrogens is 262 g/mol. The zero-order chi connectivity index (χ0) is 15.1. The minimum Gasteiger partial charge on any atom is -0.494 e. The lowest BCUT2D eigenvalue weighted by Crippen LogP contribution is -2.19. The van der Waals surface area contributed by atoms with Crippen LogP contribution in [0.3, 0.4) is 0 Å². The molecule has 1 aromatic rings. The highest BCUT2D eigenvalue weighted by atomic mass is 16.5. The number of hydrogen-bond acceptors (Lipinski definition) is 3. The minimum absolute atomic E-state index is 0.257. The molecule has 2 rings (SSSR count). The first-order valence-corrected chi connectivity index (χ1v) is 7.61. The van der Waals surface area contributed by atoms with Gasteiger partial charge in [-0.15, -0.1) is 6.42 Å². The number of carbonyl (C=O) groups is 1. The minimum atomic E-state index is 0.257. The van der Waals surface area contributed by atoms with Crippen molar-refractivity contribution in [2.75, 3.05) is 26.7 Å². The van der Waals surface area contributed by atoms with Crippen molar-refractivity contribution in [3.8, 4) is 18.1 Å². The summed E-state index contributed by atoms with van der Waals surface area (Å²) in [4.78, 5) is 13.7. The van der Waals surface area contributed by atoms with Gasteiger partial charge in [-0.2, -0.15) is 0 Å². The summed E-state index contributed by atoms with van der Waals surface area (Å²) in [5, 5.41) is 0. The number of hydrogen-bond donors (Lipinski definition) is 0. The summed E-state index contributed by atoms with van der Waals surface area (Å²) < 4.78 is 5.76. The fraction of sp³-hybridized carbons (Fsp3) is 0.500. The second kappa shape index (κ2) is 7.85. The quantitative estimate of drug-likeness (QED) is 0.543. The van der Waals surface area contributed by atoms with Crippen molar-refractivity contribution in [3.63, 3.8) is 0 Å². The van der Waals surface area contributed by atoms with Gasteiger partial charge in [0.15, 0.2) is 5.78 Å². The van der Waals surface area contributed by atoms with E-state index in [0.29, 0.717) is 13.0 Å². The van der Waals surface area contributed by atoms with E-state index in [2.05, 4.69) is 10.8 Å². The summed E-state index contributed by atoms with van der Waals surface area (Å²) in [6.07, 6.45) is 10.1. The lowest BCUT2D eigenvalue weighted by atomic mass is 10.1. The Balaban J connectivity index is 1.64. The predicted molar refractivity (Wildman–Crippen MR) is 84.8 cm³/mol. The van der Waals surface area contributed by atoms with Crippen molar-refractivity contribution in [1.82, 2.24) is 4.90 Å². The van der Waals surface area contributed by atoms with Crippen LogP contribution in [0.5, 0.6) is 5.75 Å². The van der Waals surface area contributed by atoms with Crippen molar-refractivity contribution >= 4 is 5.78 Å². The number of aryl methyl sites for hydroxylation is 1. The molecule has 0 aliphatic heterocycles. The lowest BCUT2D eigenvalue weighted by Gasteiger charge is -2.12. The largest absolute Gasteiger partial charge is 0.494 e. The predicted octanol–water partition coefficient (Wildman–Crippen LogP) is 2.93. The molecule has 0 aromatic heterocycles. The summed E-state index contributed by atoms with van der Waals surface area (Å²) in [6, 6.07) is 5.82. The molecule has 3 nitrogen and oxygen atoms in total. The second-order valence-corrected chi connectivity index (χ2v) is 5.59. The number of nitrogens with zero attached hydrogens (tertiary/aromatic N) is 1. The summed E-state index contributed by atoms with van der Waals surface area (Å²) >= 11 is 0. The molecule has 0 saturated carbocycles. The van der Waals surface area contributed by atoms with Gasteiger partial charge < -0.3 is 4.74 Å². The van der Waals surface area contributed by atoms with Crippen LogP contribution in [0.25, 0.3) is 0 Å². The summed E-state index contributed by atoms with van der Waals surface area (Å²) in [7, 11) is 2.04. The van der Waals surface area contributed by atoms with Crippen LogP contribution >= 0.6 is 0 Å².